The molecule has 1 aromatic rings. The fourth-order valence-corrected chi connectivity index (χ4v) is 2.48. The van der Waals surface area contributed by atoms with Gasteiger partial charge in [0.25, 0.3) is 0 Å². The second kappa shape index (κ2) is 3.98. The van der Waals surface area contributed by atoms with Gasteiger partial charge in [-0.1, -0.05) is 18.2 Å². The van der Waals surface area contributed by atoms with Gasteiger partial charge in [-0.2, -0.15) is 13.2 Å². The number of hydrogen-bond donors (Lipinski definition) is 1. The Bertz CT molecular complexity index is 407. The number of benzene rings is 1. The average Bonchev–Trinajstić information content (AvgIpc) is 2.23. The number of nitrogens with two attached hydrogens (primary N) is 1. The van der Waals surface area contributed by atoms with Crippen molar-refractivity contribution in [2.75, 3.05) is 6.54 Å². The highest BCUT2D eigenvalue weighted by Gasteiger charge is 2.48. The van der Waals surface area contributed by atoms with Crippen molar-refractivity contribution in [2.45, 2.75) is 30.6 Å². The topological polar surface area (TPSA) is 26.0 Å². The summed E-state index contributed by atoms with van der Waals surface area (Å²) in [5, 5.41) is 0. The molecule has 2 N–H and O–H groups in total. The summed E-state index contributed by atoms with van der Waals surface area (Å²) in [5.74, 6) is 0. The summed E-state index contributed by atoms with van der Waals surface area (Å²) in [4.78, 5) is 0. The van der Waals surface area contributed by atoms with Crippen molar-refractivity contribution >= 4 is 0 Å². The van der Waals surface area contributed by atoms with Crippen LogP contribution in [-0.4, -0.2) is 12.7 Å². The largest absolute Gasteiger partial charge is 0.416 e. The van der Waals surface area contributed by atoms with Gasteiger partial charge in [0, 0.05) is 12.0 Å². The number of alkyl halides is 4. The smallest absolute Gasteiger partial charge is 0.330 e. The summed E-state index contributed by atoms with van der Waals surface area (Å²) in [7, 11) is 0. The summed E-state index contributed by atoms with van der Waals surface area (Å²) >= 11 is 0. The van der Waals surface area contributed by atoms with Crippen LogP contribution in [0.2, 0.25) is 0 Å². The van der Waals surface area contributed by atoms with E-state index in [0.717, 1.165) is 6.07 Å². The lowest BCUT2D eigenvalue weighted by molar-refractivity contribution is -0.139. The molecule has 1 aliphatic rings. The molecule has 0 radical (unpaired) electrons. The van der Waals surface area contributed by atoms with E-state index < -0.39 is 23.3 Å². The van der Waals surface area contributed by atoms with Crippen LogP contribution in [0.3, 0.4) is 0 Å². The first kappa shape index (κ1) is 12.4. The molecule has 94 valence electrons. The van der Waals surface area contributed by atoms with E-state index in [1.165, 1.54) is 18.2 Å². The fourth-order valence-electron chi connectivity index (χ4n) is 2.48. The molecule has 1 fully saturated rings. The molecule has 17 heavy (non-hydrogen) atoms. The van der Waals surface area contributed by atoms with Crippen LogP contribution in [0, 0.1) is 0 Å². The molecule has 0 amide bonds. The zero-order valence-corrected chi connectivity index (χ0v) is 9.10. The maximum atomic E-state index is 13.0. The van der Waals surface area contributed by atoms with Crippen LogP contribution in [0.25, 0.3) is 0 Å². The van der Waals surface area contributed by atoms with Crippen LogP contribution in [0.15, 0.2) is 24.3 Å². The van der Waals surface area contributed by atoms with Gasteiger partial charge in [0.15, 0.2) is 0 Å². The molecule has 1 saturated carbocycles. The Kier molecular flexibility index (Phi) is 2.89. The SMILES string of the molecule is NCC1(c2ccccc2C(F)(F)F)CC(F)C1. The zero-order valence-electron chi connectivity index (χ0n) is 9.10. The fraction of sp³-hybridized carbons (Fsp3) is 0.500. The molecule has 1 nitrogen and oxygen atoms in total. The van der Waals surface area contributed by atoms with Crippen molar-refractivity contribution in [1.29, 1.82) is 0 Å². The lowest BCUT2D eigenvalue weighted by atomic mass is 9.62. The summed E-state index contributed by atoms with van der Waals surface area (Å²) in [6, 6.07) is 5.30. The van der Waals surface area contributed by atoms with Crippen molar-refractivity contribution in [2.24, 2.45) is 5.73 Å². The summed E-state index contributed by atoms with van der Waals surface area (Å²) in [6.45, 7) is 0.0422. The maximum Gasteiger partial charge on any atom is 0.416 e. The molecule has 0 aromatic heterocycles. The molecule has 0 heterocycles. The van der Waals surface area contributed by atoms with Gasteiger partial charge >= 0.3 is 6.18 Å². The molecular formula is C12H13F4N. The predicted octanol–water partition coefficient (Wildman–Crippen LogP) is 3.03. The third kappa shape index (κ3) is 2.04. The first-order valence-corrected chi connectivity index (χ1v) is 5.40. The third-order valence-corrected chi connectivity index (χ3v) is 3.42. The molecule has 0 atom stereocenters. The molecule has 0 saturated heterocycles. The molecular weight excluding hydrogens is 234 g/mol. The lowest BCUT2D eigenvalue weighted by Crippen LogP contribution is -2.49. The van der Waals surface area contributed by atoms with Gasteiger partial charge < -0.3 is 5.73 Å². The van der Waals surface area contributed by atoms with Crippen molar-refractivity contribution in [3.63, 3.8) is 0 Å². The zero-order chi connectivity index (χ0) is 12.7. The second-order valence-electron chi connectivity index (χ2n) is 4.53. The predicted molar refractivity (Wildman–Crippen MR) is 56.3 cm³/mol. The standard InChI is InChI=1S/C12H13F4N/c13-8-5-11(6-8,7-17)9-3-1-2-4-10(9)12(14,15)16/h1-4,8H,5-7,17H2. The van der Waals surface area contributed by atoms with Crippen molar-refractivity contribution in [3.8, 4) is 0 Å². The van der Waals surface area contributed by atoms with E-state index in [1.807, 2.05) is 0 Å². The Hall–Kier alpha value is -1.10. The van der Waals surface area contributed by atoms with Gasteiger partial charge in [-0.05, 0) is 24.5 Å². The van der Waals surface area contributed by atoms with Crippen molar-refractivity contribution in [1.82, 2.24) is 0 Å². The Labute approximate surface area is 96.6 Å². The van der Waals surface area contributed by atoms with Gasteiger partial charge in [-0.25, -0.2) is 4.39 Å². The monoisotopic (exact) mass is 247 g/mol. The second-order valence-corrected chi connectivity index (χ2v) is 4.53. The number of hydrogen-bond acceptors (Lipinski definition) is 1. The van der Waals surface area contributed by atoms with Crippen LogP contribution in [0.1, 0.15) is 24.0 Å². The number of halogens is 4. The van der Waals surface area contributed by atoms with Gasteiger partial charge in [0.1, 0.15) is 6.17 Å². The van der Waals surface area contributed by atoms with E-state index in [2.05, 4.69) is 0 Å². The minimum absolute atomic E-state index is 0.0422. The highest BCUT2D eigenvalue weighted by Crippen LogP contribution is 2.48. The third-order valence-electron chi connectivity index (χ3n) is 3.42. The van der Waals surface area contributed by atoms with Crippen LogP contribution in [-0.2, 0) is 11.6 Å². The van der Waals surface area contributed by atoms with E-state index in [4.69, 9.17) is 5.73 Å². The van der Waals surface area contributed by atoms with Crippen LogP contribution in [0.4, 0.5) is 17.6 Å². The molecule has 0 aliphatic heterocycles. The van der Waals surface area contributed by atoms with E-state index >= 15 is 0 Å². The van der Waals surface area contributed by atoms with Crippen molar-refractivity contribution < 1.29 is 17.6 Å². The van der Waals surface area contributed by atoms with Crippen molar-refractivity contribution in [3.05, 3.63) is 35.4 Å². The highest BCUT2D eigenvalue weighted by atomic mass is 19.4. The molecule has 0 bridgehead atoms. The van der Waals surface area contributed by atoms with Crippen LogP contribution in [0.5, 0.6) is 0 Å². The normalized spacial score (nSPS) is 28.9. The van der Waals surface area contributed by atoms with Crippen LogP contribution < -0.4 is 5.73 Å². The molecule has 2 rings (SSSR count). The molecule has 0 unspecified atom stereocenters. The van der Waals surface area contributed by atoms with Gasteiger partial charge in [0.05, 0.1) is 5.56 Å². The Morgan fingerprint density at radius 3 is 2.29 bits per heavy atom. The summed E-state index contributed by atoms with van der Waals surface area (Å²) < 4.78 is 51.5. The lowest BCUT2D eigenvalue weighted by Gasteiger charge is -2.45. The van der Waals surface area contributed by atoms with Crippen LogP contribution >= 0.6 is 0 Å². The number of rotatable bonds is 2. The summed E-state index contributed by atoms with van der Waals surface area (Å²) in [6.07, 6.45) is -5.30. The van der Waals surface area contributed by atoms with E-state index in [1.54, 1.807) is 0 Å². The first-order chi connectivity index (χ1) is 7.89. The Morgan fingerprint density at radius 1 is 1.24 bits per heavy atom. The minimum atomic E-state index is -4.42. The summed E-state index contributed by atoms with van der Waals surface area (Å²) in [5.41, 5.74) is 4.13. The van der Waals surface area contributed by atoms with Gasteiger partial charge in [0.2, 0.25) is 0 Å². The van der Waals surface area contributed by atoms with Gasteiger partial charge in [-0.15, -0.1) is 0 Å². The average molecular weight is 247 g/mol. The van der Waals surface area contributed by atoms with E-state index in [9.17, 15) is 17.6 Å². The van der Waals surface area contributed by atoms with Gasteiger partial charge in [-0.3, -0.25) is 0 Å². The van der Waals surface area contributed by atoms with E-state index in [0.29, 0.717) is 0 Å². The first-order valence-electron chi connectivity index (χ1n) is 5.40. The molecule has 5 heteroatoms. The molecule has 1 aromatic carbocycles. The maximum absolute atomic E-state index is 13.0. The van der Waals surface area contributed by atoms with E-state index in [-0.39, 0.29) is 24.9 Å². The minimum Gasteiger partial charge on any atom is -0.330 e. The molecule has 0 spiro atoms. The Morgan fingerprint density at radius 2 is 1.82 bits per heavy atom. The highest BCUT2D eigenvalue weighted by molar-refractivity contribution is 5.39. The quantitative estimate of drug-likeness (QED) is 0.799. The molecule has 1 aliphatic carbocycles. The Balaban J connectivity index is 2.45.